The van der Waals surface area contributed by atoms with E-state index in [2.05, 4.69) is 38.9 Å². The summed E-state index contributed by atoms with van der Waals surface area (Å²) in [6.07, 6.45) is 9.93. The predicted molar refractivity (Wildman–Crippen MR) is 117 cm³/mol. The highest BCUT2D eigenvalue weighted by Crippen LogP contribution is 2.31. The number of aromatic nitrogens is 5. The van der Waals surface area contributed by atoms with Crippen LogP contribution in [0, 0.1) is 6.92 Å². The molecule has 0 amide bonds. The molecule has 5 rings (SSSR count). The number of hydrogen-bond donors (Lipinski definition) is 4. The van der Waals surface area contributed by atoms with Gasteiger partial charge in [0.15, 0.2) is 0 Å². The van der Waals surface area contributed by atoms with Crippen molar-refractivity contribution in [1.82, 2.24) is 35.6 Å². The maximum absolute atomic E-state index is 10.2. The number of H-pyrrole nitrogens is 1. The zero-order valence-corrected chi connectivity index (χ0v) is 17.3. The van der Waals surface area contributed by atoms with Gasteiger partial charge in [-0.25, -0.2) is 0 Å². The number of nitrogens with zero attached hydrogens (tertiary/aromatic N) is 4. The highest BCUT2D eigenvalue weighted by molar-refractivity contribution is 5.93. The maximum Gasteiger partial charge on any atom is 0.144 e. The third-order valence-corrected chi connectivity index (χ3v) is 5.71. The highest BCUT2D eigenvalue weighted by atomic mass is 16.3. The van der Waals surface area contributed by atoms with Crippen LogP contribution in [0.25, 0.3) is 28.6 Å². The number of hydrogen-bond acceptors (Lipinski definition) is 6. The Labute approximate surface area is 174 Å². The largest absolute Gasteiger partial charge is 0.370 e. The molecular formula is C22H25N7O. The van der Waals surface area contributed by atoms with Gasteiger partial charge in [-0.3, -0.25) is 14.8 Å². The lowest BCUT2D eigenvalue weighted by molar-refractivity contribution is 0.200. The van der Waals surface area contributed by atoms with Crippen molar-refractivity contribution in [3.8, 4) is 0 Å². The standard InChI is InChI=1S/C22H25N7O/c1-12-17-10-24-21(30)9-15(17)20-8-16-19(26-27-22(16)13(2)25-20)5-4-14-11-29(3)28-18(14)6-7-23-12/h4-5,8-12,21,23-24,30H,6-7H2,1-3H3,(H,26,27)/b5-4+/t12-,21?/m1/s1. The van der Waals surface area contributed by atoms with Crippen molar-refractivity contribution in [2.45, 2.75) is 32.5 Å². The first kappa shape index (κ1) is 18.8. The van der Waals surface area contributed by atoms with Gasteiger partial charge in [-0.2, -0.15) is 10.2 Å². The zero-order valence-electron chi connectivity index (χ0n) is 17.3. The van der Waals surface area contributed by atoms with Crippen LogP contribution >= 0.6 is 0 Å². The summed E-state index contributed by atoms with van der Waals surface area (Å²) >= 11 is 0. The third kappa shape index (κ3) is 3.24. The van der Waals surface area contributed by atoms with E-state index >= 15 is 0 Å². The number of pyridine rings is 1. The molecule has 2 atom stereocenters. The number of aliphatic hydroxyl groups excluding tert-OH is 1. The van der Waals surface area contributed by atoms with Gasteiger partial charge in [0.1, 0.15) is 11.7 Å². The molecule has 8 heteroatoms. The van der Waals surface area contributed by atoms with Crippen LogP contribution in [0.4, 0.5) is 0 Å². The molecule has 30 heavy (non-hydrogen) atoms. The fourth-order valence-electron chi connectivity index (χ4n) is 4.18. The average molecular weight is 403 g/mol. The van der Waals surface area contributed by atoms with E-state index in [1.54, 1.807) is 0 Å². The second-order valence-electron chi connectivity index (χ2n) is 7.88. The smallest absolute Gasteiger partial charge is 0.144 e. The molecule has 5 heterocycles. The Bertz CT molecular complexity index is 1210. The molecule has 0 saturated heterocycles. The lowest BCUT2D eigenvalue weighted by Gasteiger charge is -2.25. The summed E-state index contributed by atoms with van der Waals surface area (Å²) in [5.74, 6) is 0. The number of rotatable bonds is 0. The number of nitrogens with one attached hydrogen (secondary N) is 3. The molecule has 3 aromatic rings. The molecule has 0 aliphatic carbocycles. The fraction of sp³-hybridized carbons (Fsp3) is 0.318. The molecule has 2 aliphatic heterocycles. The van der Waals surface area contributed by atoms with Gasteiger partial charge in [0.2, 0.25) is 0 Å². The van der Waals surface area contributed by atoms with E-state index in [1.165, 1.54) is 0 Å². The Morgan fingerprint density at radius 2 is 2.13 bits per heavy atom. The first-order valence-electron chi connectivity index (χ1n) is 10.2. The van der Waals surface area contributed by atoms with Gasteiger partial charge in [-0.1, -0.05) is 0 Å². The van der Waals surface area contributed by atoms with Crippen molar-refractivity contribution in [1.29, 1.82) is 0 Å². The molecule has 3 aromatic heterocycles. The molecule has 154 valence electrons. The highest BCUT2D eigenvalue weighted by Gasteiger charge is 2.23. The van der Waals surface area contributed by atoms with E-state index in [0.29, 0.717) is 0 Å². The first-order chi connectivity index (χ1) is 14.5. The SMILES string of the molecule is Cc1nc2cc3c([nH]nc13)/C=C/c1cn(C)nc1CCN[C@H](C)C1=CNC(O)C=C12. The van der Waals surface area contributed by atoms with Crippen LogP contribution in [0.15, 0.2) is 30.1 Å². The second kappa shape index (κ2) is 7.23. The van der Waals surface area contributed by atoms with E-state index in [1.807, 2.05) is 49.3 Å². The number of aliphatic hydroxyl groups is 1. The van der Waals surface area contributed by atoms with Crippen molar-refractivity contribution >= 4 is 28.6 Å². The van der Waals surface area contributed by atoms with Crippen LogP contribution in [-0.2, 0) is 13.5 Å². The van der Waals surface area contributed by atoms with Gasteiger partial charge in [-0.15, -0.1) is 0 Å². The third-order valence-electron chi connectivity index (χ3n) is 5.71. The van der Waals surface area contributed by atoms with E-state index in [9.17, 15) is 5.11 Å². The van der Waals surface area contributed by atoms with E-state index < -0.39 is 6.23 Å². The number of aromatic amines is 1. The lowest BCUT2D eigenvalue weighted by atomic mass is 9.93. The minimum atomic E-state index is -0.743. The van der Waals surface area contributed by atoms with Crippen molar-refractivity contribution in [3.05, 3.63) is 58.5 Å². The summed E-state index contributed by atoms with van der Waals surface area (Å²) in [5, 5.41) is 30.1. The maximum atomic E-state index is 10.2. The van der Waals surface area contributed by atoms with E-state index in [4.69, 9.17) is 4.98 Å². The van der Waals surface area contributed by atoms with Crippen LogP contribution in [0.5, 0.6) is 0 Å². The van der Waals surface area contributed by atoms with Crippen molar-refractivity contribution in [2.24, 2.45) is 7.05 Å². The molecule has 0 spiro atoms. The molecule has 1 unspecified atom stereocenters. The van der Waals surface area contributed by atoms with Crippen LogP contribution in [0.3, 0.4) is 0 Å². The van der Waals surface area contributed by atoms with Gasteiger partial charge in [0.05, 0.1) is 22.8 Å². The van der Waals surface area contributed by atoms with Crippen LogP contribution < -0.4 is 10.6 Å². The molecular weight excluding hydrogens is 378 g/mol. The lowest BCUT2D eigenvalue weighted by Crippen LogP contribution is -2.35. The summed E-state index contributed by atoms with van der Waals surface area (Å²) < 4.78 is 1.85. The van der Waals surface area contributed by atoms with E-state index in [-0.39, 0.29) is 6.04 Å². The summed E-state index contributed by atoms with van der Waals surface area (Å²) in [5.41, 5.74) is 7.59. The minimum absolute atomic E-state index is 0.0727. The normalized spacial score (nSPS) is 22.5. The van der Waals surface area contributed by atoms with Crippen molar-refractivity contribution in [3.63, 3.8) is 0 Å². The van der Waals surface area contributed by atoms with E-state index in [0.717, 1.165) is 63.4 Å². The molecule has 8 nitrogen and oxygen atoms in total. The Kier molecular flexibility index (Phi) is 4.52. The van der Waals surface area contributed by atoms with Crippen molar-refractivity contribution < 1.29 is 5.11 Å². The van der Waals surface area contributed by atoms with Gasteiger partial charge in [0, 0.05) is 55.0 Å². The molecule has 0 fully saturated rings. The Morgan fingerprint density at radius 3 is 3.00 bits per heavy atom. The molecule has 0 aromatic carbocycles. The molecule has 0 radical (unpaired) electrons. The summed E-state index contributed by atoms with van der Waals surface area (Å²) in [7, 11) is 1.94. The first-order valence-corrected chi connectivity index (χ1v) is 10.2. The quantitative estimate of drug-likeness (QED) is 0.457. The van der Waals surface area contributed by atoms with Gasteiger partial charge >= 0.3 is 0 Å². The summed E-state index contributed by atoms with van der Waals surface area (Å²) in [4.78, 5) is 4.80. The predicted octanol–water partition coefficient (Wildman–Crippen LogP) is 1.89. The van der Waals surface area contributed by atoms with Crippen LogP contribution in [0.1, 0.15) is 35.3 Å². The number of fused-ring (bicyclic) bond motifs is 4. The van der Waals surface area contributed by atoms with Gasteiger partial charge < -0.3 is 15.7 Å². The van der Waals surface area contributed by atoms with Crippen LogP contribution in [0.2, 0.25) is 0 Å². The Balaban J connectivity index is 1.71. The molecule has 4 N–H and O–H groups in total. The zero-order chi connectivity index (χ0) is 20.8. The number of dihydropyridines is 1. The molecule has 2 aliphatic rings. The minimum Gasteiger partial charge on any atom is -0.370 e. The van der Waals surface area contributed by atoms with Crippen molar-refractivity contribution in [2.75, 3.05) is 6.54 Å². The van der Waals surface area contributed by atoms with Crippen LogP contribution in [-0.4, -0.2) is 48.9 Å². The molecule has 2 bridgehead atoms. The Hall–Kier alpha value is -3.23. The van der Waals surface area contributed by atoms with Gasteiger partial charge in [-0.05, 0) is 43.7 Å². The fourth-order valence-corrected chi connectivity index (χ4v) is 4.18. The monoisotopic (exact) mass is 403 g/mol. The number of aryl methyl sites for hydroxylation is 2. The Morgan fingerprint density at radius 1 is 1.27 bits per heavy atom. The molecule has 0 saturated carbocycles. The van der Waals surface area contributed by atoms with Gasteiger partial charge in [0.25, 0.3) is 0 Å². The summed E-state index contributed by atoms with van der Waals surface area (Å²) in [6, 6.07) is 2.12. The second-order valence-corrected chi connectivity index (χ2v) is 7.88. The summed E-state index contributed by atoms with van der Waals surface area (Å²) in [6.45, 7) is 4.87. The topological polar surface area (TPSA) is 104 Å². The average Bonchev–Trinajstić information content (AvgIpc) is 3.28.